The van der Waals surface area contributed by atoms with Crippen molar-refractivity contribution in [3.63, 3.8) is 0 Å². The average molecular weight is 239 g/mol. The molecule has 0 spiro atoms. The number of unbranched alkanes of at least 4 members (excludes halogenated alkanes) is 5. The normalized spacial score (nSPS) is 29.5. The molecule has 1 saturated carbocycles. The largest absolute Gasteiger partial charge is 0.327 e. The van der Waals surface area contributed by atoms with E-state index in [1.165, 1.54) is 70.6 Å². The summed E-state index contributed by atoms with van der Waals surface area (Å²) in [6, 6.07) is 0.508. The SMILES string of the molecule is CCCCCCCCC1CC(CC)CCC1N. The molecule has 102 valence electrons. The van der Waals surface area contributed by atoms with Crippen molar-refractivity contribution in [3.05, 3.63) is 0 Å². The number of hydrogen-bond acceptors (Lipinski definition) is 1. The first-order valence-corrected chi connectivity index (χ1v) is 8.03. The highest BCUT2D eigenvalue weighted by Crippen LogP contribution is 2.33. The van der Waals surface area contributed by atoms with Crippen LogP contribution in [0.5, 0.6) is 0 Å². The van der Waals surface area contributed by atoms with Gasteiger partial charge in [-0.1, -0.05) is 58.8 Å². The smallest absolute Gasteiger partial charge is 0.00673 e. The van der Waals surface area contributed by atoms with Gasteiger partial charge in [-0.25, -0.2) is 0 Å². The van der Waals surface area contributed by atoms with Crippen LogP contribution in [0.1, 0.15) is 84.5 Å². The van der Waals surface area contributed by atoms with Gasteiger partial charge in [-0.15, -0.1) is 0 Å². The van der Waals surface area contributed by atoms with Crippen LogP contribution >= 0.6 is 0 Å². The molecule has 0 aromatic heterocycles. The van der Waals surface area contributed by atoms with Gasteiger partial charge in [0, 0.05) is 6.04 Å². The Morgan fingerprint density at radius 3 is 2.35 bits per heavy atom. The Labute approximate surface area is 109 Å². The van der Waals surface area contributed by atoms with Gasteiger partial charge in [0.1, 0.15) is 0 Å². The summed E-state index contributed by atoms with van der Waals surface area (Å²) in [7, 11) is 0. The summed E-state index contributed by atoms with van der Waals surface area (Å²) in [5.41, 5.74) is 6.26. The maximum atomic E-state index is 6.26. The highest BCUT2D eigenvalue weighted by Gasteiger charge is 2.26. The summed E-state index contributed by atoms with van der Waals surface area (Å²) >= 11 is 0. The fourth-order valence-corrected chi connectivity index (χ4v) is 3.27. The van der Waals surface area contributed by atoms with E-state index in [0.717, 1.165) is 11.8 Å². The molecular weight excluding hydrogens is 206 g/mol. The predicted molar refractivity (Wildman–Crippen MR) is 77.1 cm³/mol. The second-order valence-corrected chi connectivity index (χ2v) is 6.07. The minimum Gasteiger partial charge on any atom is -0.327 e. The highest BCUT2D eigenvalue weighted by molar-refractivity contribution is 4.81. The van der Waals surface area contributed by atoms with Crippen molar-refractivity contribution in [2.75, 3.05) is 0 Å². The topological polar surface area (TPSA) is 26.0 Å². The molecule has 1 aliphatic carbocycles. The van der Waals surface area contributed by atoms with Crippen LogP contribution in [0, 0.1) is 11.8 Å². The Morgan fingerprint density at radius 1 is 0.941 bits per heavy atom. The zero-order chi connectivity index (χ0) is 12.5. The molecule has 0 amide bonds. The number of rotatable bonds is 8. The van der Waals surface area contributed by atoms with Crippen molar-refractivity contribution in [1.82, 2.24) is 0 Å². The molecule has 17 heavy (non-hydrogen) atoms. The van der Waals surface area contributed by atoms with Gasteiger partial charge < -0.3 is 5.73 Å². The molecule has 2 N–H and O–H groups in total. The van der Waals surface area contributed by atoms with E-state index in [0.29, 0.717) is 6.04 Å². The van der Waals surface area contributed by atoms with Gasteiger partial charge in [0.2, 0.25) is 0 Å². The van der Waals surface area contributed by atoms with Gasteiger partial charge in [0.15, 0.2) is 0 Å². The zero-order valence-electron chi connectivity index (χ0n) is 12.1. The van der Waals surface area contributed by atoms with E-state index in [1.807, 2.05) is 0 Å². The third kappa shape index (κ3) is 5.90. The molecule has 0 aliphatic heterocycles. The summed E-state index contributed by atoms with van der Waals surface area (Å²) in [6.45, 7) is 4.62. The lowest BCUT2D eigenvalue weighted by Gasteiger charge is -2.33. The lowest BCUT2D eigenvalue weighted by atomic mass is 9.75. The first-order chi connectivity index (χ1) is 8.27. The predicted octanol–water partition coefficient (Wildman–Crippen LogP) is 4.89. The Kier molecular flexibility index (Phi) is 7.92. The molecule has 1 rings (SSSR count). The van der Waals surface area contributed by atoms with Gasteiger partial charge in [-0.3, -0.25) is 0 Å². The van der Waals surface area contributed by atoms with Crippen LogP contribution in [-0.2, 0) is 0 Å². The molecular formula is C16H33N. The molecule has 1 heteroatoms. The standard InChI is InChI=1S/C16H33N/c1-3-5-6-7-8-9-10-15-13-14(4-2)11-12-16(15)17/h14-16H,3-13,17H2,1-2H3. The Balaban J connectivity index is 2.07. The number of nitrogens with two attached hydrogens (primary N) is 1. The van der Waals surface area contributed by atoms with Crippen molar-refractivity contribution in [2.24, 2.45) is 17.6 Å². The van der Waals surface area contributed by atoms with Crippen LogP contribution in [0.15, 0.2) is 0 Å². The van der Waals surface area contributed by atoms with Crippen molar-refractivity contribution >= 4 is 0 Å². The fourth-order valence-electron chi connectivity index (χ4n) is 3.27. The van der Waals surface area contributed by atoms with Crippen LogP contribution in [0.25, 0.3) is 0 Å². The van der Waals surface area contributed by atoms with E-state index >= 15 is 0 Å². The Morgan fingerprint density at radius 2 is 1.65 bits per heavy atom. The maximum absolute atomic E-state index is 6.26. The summed E-state index contributed by atoms with van der Waals surface area (Å²) in [5, 5.41) is 0. The first kappa shape index (κ1) is 15.0. The van der Waals surface area contributed by atoms with Crippen LogP contribution in [0.2, 0.25) is 0 Å². The van der Waals surface area contributed by atoms with E-state index in [4.69, 9.17) is 5.73 Å². The molecule has 0 heterocycles. The molecule has 1 aliphatic rings. The summed E-state index contributed by atoms with van der Waals surface area (Å²) in [6.07, 6.45) is 15.3. The molecule has 0 radical (unpaired) electrons. The second-order valence-electron chi connectivity index (χ2n) is 6.07. The van der Waals surface area contributed by atoms with Gasteiger partial charge in [-0.05, 0) is 37.5 Å². The first-order valence-electron chi connectivity index (χ1n) is 8.03. The van der Waals surface area contributed by atoms with E-state index in [9.17, 15) is 0 Å². The molecule has 0 aromatic rings. The van der Waals surface area contributed by atoms with Crippen molar-refractivity contribution in [3.8, 4) is 0 Å². The minimum absolute atomic E-state index is 0.508. The Bertz CT molecular complexity index is 178. The molecule has 1 nitrogen and oxygen atoms in total. The van der Waals surface area contributed by atoms with Gasteiger partial charge in [0.25, 0.3) is 0 Å². The van der Waals surface area contributed by atoms with Crippen LogP contribution in [-0.4, -0.2) is 6.04 Å². The lowest BCUT2D eigenvalue weighted by molar-refractivity contribution is 0.213. The maximum Gasteiger partial charge on any atom is 0.00673 e. The molecule has 3 atom stereocenters. The summed E-state index contributed by atoms with van der Waals surface area (Å²) in [5.74, 6) is 1.81. The third-order valence-electron chi connectivity index (χ3n) is 4.66. The molecule has 3 unspecified atom stereocenters. The lowest BCUT2D eigenvalue weighted by Crippen LogP contribution is -2.36. The van der Waals surface area contributed by atoms with Crippen LogP contribution < -0.4 is 5.73 Å². The minimum atomic E-state index is 0.508. The highest BCUT2D eigenvalue weighted by atomic mass is 14.7. The monoisotopic (exact) mass is 239 g/mol. The van der Waals surface area contributed by atoms with Crippen molar-refractivity contribution in [1.29, 1.82) is 0 Å². The summed E-state index contributed by atoms with van der Waals surface area (Å²) < 4.78 is 0. The van der Waals surface area contributed by atoms with Crippen LogP contribution in [0.3, 0.4) is 0 Å². The third-order valence-corrected chi connectivity index (χ3v) is 4.66. The van der Waals surface area contributed by atoms with E-state index in [-0.39, 0.29) is 0 Å². The van der Waals surface area contributed by atoms with E-state index < -0.39 is 0 Å². The average Bonchev–Trinajstić information content (AvgIpc) is 2.35. The Hall–Kier alpha value is -0.0400. The van der Waals surface area contributed by atoms with Gasteiger partial charge in [-0.2, -0.15) is 0 Å². The van der Waals surface area contributed by atoms with Crippen LogP contribution in [0.4, 0.5) is 0 Å². The van der Waals surface area contributed by atoms with Crippen molar-refractivity contribution < 1.29 is 0 Å². The molecule has 0 bridgehead atoms. The van der Waals surface area contributed by atoms with E-state index in [2.05, 4.69) is 13.8 Å². The zero-order valence-corrected chi connectivity index (χ0v) is 12.1. The molecule has 0 aromatic carbocycles. The van der Waals surface area contributed by atoms with Crippen molar-refractivity contribution in [2.45, 2.75) is 90.5 Å². The number of hydrogen-bond donors (Lipinski definition) is 1. The quantitative estimate of drug-likeness (QED) is 0.600. The van der Waals surface area contributed by atoms with E-state index in [1.54, 1.807) is 0 Å². The van der Waals surface area contributed by atoms with Gasteiger partial charge in [0.05, 0.1) is 0 Å². The molecule has 1 fully saturated rings. The summed E-state index contributed by atoms with van der Waals surface area (Å²) in [4.78, 5) is 0. The van der Waals surface area contributed by atoms with Gasteiger partial charge >= 0.3 is 0 Å². The molecule has 0 saturated heterocycles. The fraction of sp³-hybridized carbons (Fsp3) is 1.00. The second kappa shape index (κ2) is 8.97.